The second-order valence-corrected chi connectivity index (χ2v) is 4.45. The quantitative estimate of drug-likeness (QED) is 0.876. The summed E-state index contributed by atoms with van der Waals surface area (Å²) < 4.78 is 10.2. The number of carbonyl (C=O) groups excluding carboxylic acids is 1. The number of cyclic esters (lactones) is 1. The van der Waals surface area contributed by atoms with Crippen molar-refractivity contribution >= 4 is 6.09 Å². The van der Waals surface area contributed by atoms with Crippen molar-refractivity contribution in [2.45, 2.75) is 25.8 Å². The molecule has 0 saturated carbocycles. The summed E-state index contributed by atoms with van der Waals surface area (Å²) in [6.07, 6.45) is -0.369. The number of methoxy groups -OCH3 is 1. The molecule has 0 bridgehead atoms. The van der Waals surface area contributed by atoms with Crippen molar-refractivity contribution in [3.63, 3.8) is 0 Å². The molecule has 1 amide bonds. The first kappa shape index (κ1) is 11.8. The Bertz CT molecular complexity index is 429. The van der Waals surface area contributed by atoms with E-state index in [1.807, 2.05) is 12.1 Å². The van der Waals surface area contributed by atoms with Gasteiger partial charge in [0.05, 0.1) is 13.2 Å². The topological polar surface area (TPSA) is 47.6 Å². The van der Waals surface area contributed by atoms with Crippen LogP contribution in [0.3, 0.4) is 0 Å². The van der Waals surface area contributed by atoms with Gasteiger partial charge in [0.25, 0.3) is 0 Å². The number of ether oxygens (including phenoxy) is 2. The van der Waals surface area contributed by atoms with Crippen molar-refractivity contribution in [2.75, 3.05) is 13.7 Å². The van der Waals surface area contributed by atoms with Crippen LogP contribution in [0.15, 0.2) is 18.2 Å². The molecule has 1 aromatic rings. The Morgan fingerprint density at radius 3 is 2.76 bits per heavy atom. The maximum Gasteiger partial charge on any atom is 0.407 e. The summed E-state index contributed by atoms with van der Waals surface area (Å²) in [6, 6.07) is 5.94. The number of hydrogen-bond acceptors (Lipinski definition) is 3. The van der Waals surface area contributed by atoms with E-state index in [0.717, 1.165) is 11.3 Å². The number of alkyl carbamates (subject to hydrolysis) is 1. The summed E-state index contributed by atoms with van der Waals surface area (Å²) in [6.45, 7) is 4.63. The molecular formula is C13H17NO3. The number of hydrogen-bond donors (Lipinski definition) is 1. The van der Waals surface area contributed by atoms with Gasteiger partial charge < -0.3 is 14.8 Å². The molecule has 1 heterocycles. The van der Waals surface area contributed by atoms with Crippen LogP contribution in [0.2, 0.25) is 0 Å². The van der Waals surface area contributed by atoms with Crippen LogP contribution in [-0.2, 0) is 4.74 Å². The Hall–Kier alpha value is -1.71. The zero-order valence-electron chi connectivity index (χ0n) is 10.3. The minimum atomic E-state index is -0.369. The molecule has 1 aliphatic rings. The predicted molar refractivity (Wildman–Crippen MR) is 64.3 cm³/mol. The molecule has 1 atom stereocenters. The number of nitrogens with one attached hydrogen (secondary N) is 1. The van der Waals surface area contributed by atoms with Crippen molar-refractivity contribution in [1.29, 1.82) is 0 Å². The van der Waals surface area contributed by atoms with E-state index in [1.165, 1.54) is 5.56 Å². The molecule has 4 heteroatoms. The Kier molecular flexibility index (Phi) is 3.22. The Morgan fingerprint density at radius 1 is 1.47 bits per heavy atom. The van der Waals surface area contributed by atoms with Crippen LogP contribution in [0.25, 0.3) is 0 Å². The maximum absolute atomic E-state index is 11.1. The van der Waals surface area contributed by atoms with Gasteiger partial charge >= 0.3 is 6.09 Å². The third kappa shape index (κ3) is 2.35. The molecule has 0 radical (unpaired) electrons. The van der Waals surface area contributed by atoms with Gasteiger partial charge in [0.1, 0.15) is 12.4 Å². The van der Waals surface area contributed by atoms with E-state index < -0.39 is 0 Å². The summed E-state index contributed by atoms with van der Waals surface area (Å²) in [5.41, 5.74) is 2.20. The van der Waals surface area contributed by atoms with Gasteiger partial charge in [-0.25, -0.2) is 4.79 Å². The van der Waals surface area contributed by atoms with E-state index in [-0.39, 0.29) is 12.1 Å². The van der Waals surface area contributed by atoms with Gasteiger partial charge in [-0.3, -0.25) is 0 Å². The molecule has 0 unspecified atom stereocenters. The lowest BCUT2D eigenvalue weighted by atomic mass is 9.97. The molecule has 0 aromatic heterocycles. The van der Waals surface area contributed by atoms with Crippen LogP contribution in [0.4, 0.5) is 4.79 Å². The molecule has 1 fully saturated rings. The monoisotopic (exact) mass is 235 g/mol. The van der Waals surface area contributed by atoms with Gasteiger partial charge in [-0.1, -0.05) is 19.9 Å². The van der Waals surface area contributed by atoms with Crippen molar-refractivity contribution in [2.24, 2.45) is 0 Å². The van der Waals surface area contributed by atoms with Crippen LogP contribution in [0.1, 0.15) is 36.9 Å². The van der Waals surface area contributed by atoms with Gasteiger partial charge in [-0.2, -0.15) is 0 Å². The summed E-state index contributed by atoms with van der Waals surface area (Å²) in [7, 11) is 1.63. The Labute approximate surface area is 101 Å². The van der Waals surface area contributed by atoms with E-state index in [2.05, 4.69) is 25.2 Å². The van der Waals surface area contributed by atoms with Gasteiger partial charge in [-0.15, -0.1) is 0 Å². The average Bonchev–Trinajstić information content (AvgIpc) is 2.74. The average molecular weight is 235 g/mol. The van der Waals surface area contributed by atoms with Crippen LogP contribution >= 0.6 is 0 Å². The zero-order chi connectivity index (χ0) is 12.4. The van der Waals surface area contributed by atoms with E-state index in [1.54, 1.807) is 7.11 Å². The van der Waals surface area contributed by atoms with Crippen LogP contribution in [0.5, 0.6) is 5.75 Å². The van der Waals surface area contributed by atoms with E-state index in [0.29, 0.717) is 12.5 Å². The van der Waals surface area contributed by atoms with Gasteiger partial charge in [-0.05, 0) is 23.6 Å². The third-order valence-electron chi connectivity index (χ3n) is 2.97. The molecule has 92 valence electrons. The van der Waals surface area contributed by atoms with Gasteiger partial charge in [0, 0.05) is 5.56 Å². The highest BCUT2D eigenvalue weighted by atomic mass is 16.6. The summed E-state index contributed by atoms with van der Waals surface area (Å²) in [5.74, 6) is 1.22. The molecule has 2 rings (SSSR count). The third-order valence-corrected chi connectivity index (χ3v) is 2.97. The highest BCUT2D eigenvalue weighted by Gasteiger charge is 2.26. The highest BCUT2D eigenvalue weighted by molar-refractivity contribution is 5.70. The lowest BCUT2D eigenvalue weighted by Crippen LogP contribution is -2.19. The fourth-order valence-corrected chi connectivity index (χ4v) is 1.94. The lowest BCUT2D eigenvalue weighted by molar-refractivity contribution is 0.177. The number of carbonyl (C=O) groups is 1. The van der Waals surface area contributed by atoms with Gasteiger partial charge in [0.2, 0.25) is 0 Å². The number of benzene rings is 1. The van der Waals surface area contributed by atoms with Crippen molar-refractivity contribution < 1.29 is 14.3 Å². The Balaban J connectivity index is 2.35. The van der Waals surface area contributed by atoms with E-state index in [9.17, 15) is 4.79 Å². The number of rotatable bonds is 3. The highest BCUT2D eigenvalue weighted by Crippen LogP contribution is 2.30. The molecule has 4 nitrogen and oxygen atoms in total. The molecule has 1 aromatic carbocycles. The Morgan fingerprint density at radius 2 is 2.24 bits per heavy atom. The summed E-state index contributed by atoms with van der Waals surface area (Å²) in [5, 5.41) is 2.77. The van der Waals surface area contributed by atoms with Crippen LogP contribution < -0.4 is 10.1 Å². The molecule has 1 aliphatic heterocycles. The largest absolute Gasteiger partial charge is 0.496 e. The first-order valence-electron chi connectivity index (χ1n) is 5.73. The maximum atomic E-state index is 11.1. The molecule has 1 saturated heterocycles. The van der Waals surface area contributed by atoms with Crippen molar-refractivity contribution in [3.05, 3.63) is 29.3 Å². The first-order valence-corrected chi connectivity index (χ1v) is 5.73. The molecular weight excluding hydrogens is 218 g/mol. The second-order valence-electron chi connectivity index (χ2n) is 4.45. The molecule has 0 spiro atoms. The standard InChI is InChI=1S/C13H17NO3/c1-8(2)9-4-5-12(16-3)10(6-9)11-7-17-13(15)14-11/h4-6,8,11H,7H2,1-3H3,(H,14,15)/t11-/m1/s1. The van der Waals surface area contributed by atoms with Crippen LogP contribution in [0, 0.1) is 0 Å². The normalized spacial score (nSPS) is 19.1. The summed E-state index contributed by atoms with van der Waals surface area (Å²) in [4.78, 5) is 11.1. The second kappa shape index (κ2) is 4.65. The van der Waals surface area contributed by atoms with E-state index in [4.69, 9.17) is 9.47 Å². The molecule has 17 heavy (non-hydrogen) atoms. The van der Waals surface area contributed by atoms with Gasteiger partial charge in [0.15, 0.2) is 0 Å². The SMILES string of the molecule is COc1ccc(C(C)C)cc1[C@H]1COC(=O)N1. The predicted octanol–water partition coefficient (Wildman–Crippen LogP) is 2.60. The lowest BCUT2D eigenvalue weighted by Gasteiger charge is -2.16. The smallest absolute Gasteiger partial charge is 0.407 e. The zero-order valence-corrected chi connectivity index (χ0v) is 10.3. The molecule has 1 N–H and O–H groups in total. The minimum absolute atomic E-state index is 0.115. The van der Waals surface area contributed by atoms with E-state index >= 15 is 0 Å². The number of amides is 1. The first-order chi connectivity index (χ1) is 8.11. The van der Waals surface area contributed by atoms with Crippen LogP contribution in [-0.4, -0.2) is 19.8 Å². The minimum Gasteiger partial charge on any atom is -0.496 e. The van der Waals surface area contributed by atoms with Crippen molar-refractivity contribution in [3.8, 4) is 5.75 Å². The fourth-order valence-electron chi connectivity index (χ4n) is 1.94. The summed E-state index contributed by atoms with van der Waals surface area (Å²) >= 11 is 0. The van der Waals surface area contributed by atoms with Crippen molar-refractivity contribution in [1.82, 2.24) is 5.32 Å². The fraction of sp³-hybridized carbons (Fsp3) is 0.462. The molecule has 0 aliphatic carbocycles.